The number of rotatable bonds is 5. The van der Waals surface area contributed by atoms with E-state index in [1.165, 1.54) is 42.5 Å². The molecule has 0 unspecified atom stereocenters. The van der Waals surface area contributed by atoms with Crippen molar-refractivity contribution in [3.8, 4) is 0 Å². The predicted octanol–water partition coefficient (Wildman–Crippen LogP) is 2.01. The Morgan fingerprint density at radius 3 is 2.17 bits per heavy atom. The van der Waals surface area contributed by atoms with Gasteiger partial charge in [-0.15, -0.1) is 0 Å². The summed E-state index contributed by atoms with van der Waals surface area (Å²) in [6.07, 6.45) is 0. The second-order valence-corrected chi connectivity index (χ2v) is 5.25. The summed E-state index contributed by atoms with van der Waals surface area (Å²) in [5, 5.41) is 13.8. The minimum absolute atomic E-state index is 0.156. The SMILES string of the molecule is CN(C)c1ccc(C(=O)Nc2ccc(C(N)=O)cc2)cc1[N+](=O)[O-]. The molecule has 0 atom stereocenters. The van der Waals surface area contributed by atoms with Crippen LogP contribution >= 0.6 is 0 Å². The van der Waals surface area contributed by atoms with E-state index in [-0.39, 0.29) is 11.3 Å². The van der Waals surface area contributed by atoms with Crippen molar-refractivity contribution in [1.29, 1.82) is 0 Å². The number of hydrogen-bond acceptors (Lipinski definition) is 5. The minimum atomic E-state index is -0.567. The highest BCUT2D eigenvalue weighted by Gasteiger charge is 2.19. The lowest BCUT2D eigenvalue weighted by atomic mass is 10.1. The molecule has 2 aromatic rings. The van der Waals surface area contributed by atoms with Crippen LogP contribution in [-0.4, -0.2) is 30.8 Å². The summed E-state index contributed by atoms with van der Waals surface area (Å²) in [4.78, 5) is 35.5. The largest absolute Gasteiger partial charge is 0.372 e. The Hall–Kier alpha value is -3.42. The molecule has 0 aliphatic carbocycles. The number of primary amides is 1. The molecule has 0 saturated heterocycles. The van der Waals surface area contributed by atoms with Gasteiger partial charge in [0, 0.05) is 37.0 Å². The van der Waals surface area contributed by atoms with Crippen LogP contribution < -0.4 is 16.0 Å². The third kappa shape index (κ3) is 3.67. The lowest BCUT2D eigenvalue weighted by molar-refractivity contribution is -0.384. The summed E-state index contributed by atoms with van der Waals surface area (Å²) in [6, 6.07) is 10.3. The number of nitrogens with zero attached hydrogens (tertiary/aromatic N) is 2. The number of hydrogen-bond donors (Lipinski definition) is 2. The standard InChI is InChI=1S/C16H16N4O4/c1-19(2)13-8-5-11(9-14(13)20(23)24)16(22)18-12-6-3-10(4-7-12)15(17)21/h3-9H,1-2H3,(H2,17,21)(H,18,22). The molecule has 0 bridgehead atoms. The van der Waals surface area contributed by atoms with Gasteiger partial charge < -0.3 is 16.0 Å². The second kappa shape index (κ2) is 6.78. The van der Waals surface area contributed by atoms with Crippen LogP contribution in [0, 0.1) is 10.1 Å². The van der Waals surface area contributed by atoms with Crippen molar-refractivity contribution in [2.45, 2.75) is 0 Å². The summed E-state index contributed by atoms with van der Waals surface area (Å²) in [5.74, 6) is -1.06. The number of nitrogens with one attached hydrogen (secondary N) is 1. The van der Waals surface area contributed by atoms with Gasteiger partial charge in [-0.2, -0.15) is 0 Å². The first-order valence-corrected chi connectivity index (χ1v) is 6.96. The van der Waals surface area contributed by atoms with Crippen LogP contribution in [0.25, 0.3) is 0 Å². The van der Waals surface area contributed by atoms with Gasteiger partial charge in [-0.3, -0.25) is 19.7 Å². The van der Waals surface area contributed by atoms with E-state index >= 15 is 0 Å². The van der Waals surface area contributed by atoms with E-state index in [1.54, 1.807) is 19.0 Å². The molecular formula is C16H16N4O4. The van der Waals surface area contributed by atoms with Crippen molar-refractivity contribution in [1.82, 2.24) is 0 Å². The molecular weight excluding hydrogens is 312 g/mol. The van der Waals surface area contributed by atoms with Crippen LogP contribution in [0.15, 0.2) is 42.5 Å². The van der Waals surface area contributed by atoms with Gasteiger partial charge in [0.2, 0.25) is 5.91 Å². The number of amides is 2. The van der Waals surface area contributed by atoms with Crippen molar-refractivity contribution >= 4 is 28.9 Å². The number of nitro benzene ring substituents is 1. The van der Waals surface area contributed by atoms with E-state index in [4.69, 9.17) is 5.73 Å². The molecule has 124 valence electrons. The molecule has 8 heteroatoms. The minimum Gasteiger partial charge on any atom is -0.372 e. The maximum absolute atomic E-state index is 12.2. The van der Waals surface area contributed by atoms with Crippen LogP contribution in [0.1, 0.15) is 20.7 Å². The fraction of sp³-hybridized carbons (Fsp3) is 0.125. The zero-order valence-corrected chi connectivity index (χ0v) is 13.1. The molecule has 2 rings (SSSR count). The molecule has 0 fully saturated rings. The molecule has 0 aliphatic rings. The molecule has 0 heterocycles. The fourth-order valence-electron chi connectivity index (χ4n) is 2.11. The molecule has 0 aliphatic heterocycles. The van der Waals surface area contributed by atoms with Gasteiger partial charge in [-0.05, 0) is 36.4 Å². The molecule has 0 spiro atoms. The van der Waals surface area contributed by atoms with Gasteiger partial charge in [-0.1, -0.05) is 0 Å². The first kappa shape index (κ1) is 16.9. The molecule has 2 aromatic carbocycles. The van der Waals surface area contributed by atoms with Gasteiger partial charge in [-0.25, -0.2) is 0 Å². The second-order valence-electron chi connectivity index (χ2n) is 5.25. The highest BCUT2D eigenvalue weighted by molar-refractivity contribution is 6.05. The lowest BCUT2D eigenvalue weighted by Crippen LogP contribution is -2.15. The van der Waals surface area contributed by atoms with E-state index in [2.05, 4.69) is 5.32 Å². The first-order valence-electron chi connectivity index (χ1n) is 6.96. The van der Waals surface area contributed by atoms with E-state index in [0.29, 0.717) is 16.9 Å². The van der Waals surface area contributed by atoms with Crippen LogP contribution in [-0.2, 0) is 0 Å². The van der Waals surface area contributed by atoms with E-state index in [0.717, 1.165) is 0 Å². The highest BCUT2D eigenvalue weighted by atomic mass is 16.6. The quantitative estimate of drug-likeness (QED) is 0.643. The number of nitro groups is 1. The van der Waals surface area contributed by atoms with Crippen LogP contribution in [0.3, 0.4) is 0 Å². The van der Waals surface area contributed by atoms with Gasteiger partial charge in [0.05, 0.1) is 4.92 Å². The fourth-order valence-corrected chi connectivity index (χ4v) is 2.11. The van der Waals surface area contributed by atoms with Crippen LogP contribution in [0.4, 0.5) is 17.1 Å². The average Bonchev–Trinajstić information content (AvgIpc) is 2.54. The molecule has 2 amide bonds. The summed E-state index contributed by atoms with van der Waals surface area (Å²) >= 11 is 0. The Labute approximate surface area is 138 Å². The molecule has 0 aromatic heterocycles. The van der Waals surface area contributed by atoms with Crippen molar-refractivity contribution in [3.05, 3.63) is 63.7 Å². The summed E-state index contributed by atoms with van der Waals surface area (Å²) in [5.41, 5.74) is 6.32. The highest BCUT2D eigenvalue weighted by Crippen LogP contribution is 2.28. The Bertz CT molecular complexity index is 800. The smallest absolute Gasteiger partial charge is 0.293 e. The normalized spacial score (nSPS) is 10.1. The molecule has 24 heavy (non-hydrogen) atoms. The monoisotopic (exact) mass is 328 g/mol. The zero-order valence-electron chi connectivity index (χ0n) is 13.1. The molecule has 8 nitrogen and oxygen atoms in total. The van der Waals surface area contributed by atoms with Crippen LogP contribution in [0.2, 0.25) is 0 Å². The first-order chi connectivity index (χ1) is 11.3. The Morgan fingerprint density at radius 1 is 1.08 bits per heavy atom. The molecule has 0 saturated carbocycles. The predicted molar refractivity (Wildman–Crippen MR) is 90.3 cm³/mol. The van der Waals surface area contributed by atoms with Crippen LogP contribution in [0.5, 0.6) is 0 Å². The molecule has 0 radical (unpaired) electrons. The summed E-state index contributed by atoms with van der Waals surface area (Å²) < 4.78 is 0. The van der Waals surface area contributed by atoms with Gasteiger partial charge in [0.25, 0.3) is 11.6 Å². The van der Waals surface area contributed by atoms with Gasteiger partial charge in [0.15, 0.2) is 0 Å². The number of carbonyl (C=O) groups is 2. The number of benzene rings is 2. The average molecular weight is 328 g/mol. The van der Waals surface area contributed by atoms with E-state index < -0.39 is 16.7 Å². The third-order valence-electron chi connectivity index (χ3n) is 3.34. The topological polar surface area (TPSA) is 119 Å². The Kier molecular flexibility index (Phi) is 4.78. The van der Waals surface area contributed by atoms with Crippen molar-refractivity contribution in [2.75, 3.05) is 24.3 Å². The van der Waals surface area contributed by atoms with Crippen molar-refractivity contribution < 1.29 is 14.5 Å². The van der Waals surface area contributed by atoms with Crippen molar-refractivity contribution in [3.63, 3.8) is 0 Å². The maximum atomic E-state index is 12.2. The summed E-state index contributed by atoms with van der Waals surface area (Å²) in [6.45, 7) is 0. The van der Waals surface area contributed by atoms with Gasteiger partial charge >= 0.3 is 0 Å². The zero-order chi connectivity index (χ0) is 17.9. The van der Waals surface area contributed by atoms with E-state index in [1.807, 2.05) is 0 Å². The molecule has 3 N–H and O–H groups in total. The number of carbonyl (C=O) groups excluding carboxylic acids is 2. The number of anilines is 2. The number of nitrogens with two attached hydrogens (primary N) is 1. The van der Waals surface area contributed by atoms with E-state index in [9.17, 15) is 19.7 Å². The van der Waals surface area contributed by atoms with Gasteiger partial charge in [0.1, 0.15) is 5.69 Å². The third-order valence-corrected chi connectivity index (χ3v) is 3.34. The Morgan fingerprint density at radius 2 is 1.67 bits per heavy atom. The summed E-state index contributed by atoms with van der Waals surface area (Å²) in [7, 11) is 3.37. The lowest BCUT2D eigenvalue weighted by Gasteiger charge is -2.13. The Balaban J connectivity index is 2.25. The van der Waals surface area contributed by atoms with Crippen molar-refractivity contribution in [2.24, 2.45) is 5.73 Å². The maximum Gasteiger partial charge on any atom is 0.293 e.